The van der Waals surface area contributed by atoms with Crippen LogP contribution in [0, 0.1) is 5.82 Å². The van der Waals surface area contributed by atoms with E-state index < -0.39 is 0 Å². The summed E-state index contributed by atoms with van der Waals surface area (Å²) in [6.45, 7) is 2.76. The molecule has 1 fully saturated rings. The molecule has 0 radical (unpaired) electrons. The third-order valence-electron chi connectivity index (χ3n) is 3.80. The van der Waals surface area contributed by atoms with E-state index in [0.717, 1.165) is 18.7 Å². The van der Waals surface area contributed by atoms with Crippen molar-refractivity contribution in [3.8, 4) is 0 Å². The monoisotopic (exact) mass is 293 g/mol. The molecule has 1 saturated heterocycles. The number of benzene rings is 1. The summed E-state index contributed by atoms with van der Waals surface area (Å²) in [7, 11) is 0. The molecule has 1 aromatic heterocycles. The molecule has 1 aliphatic heterocycles. The molecule has 0 bridgehead atoms. The van der Waals surface area contributed by atoms with E-state index in [9.17, 15) is 4.39 Å². The molecule has 2 heterocycles. The van der Waals surface area contributed by atoms with Gasteiger partial charge in [0.05, 0.1) is 11.3 Å². The summed E-state index contributed by atoms with van der Waals surface area (Å²) in [4.78, 5) is 4.26. The van der Waals surface area contributed by atoms with Gasteiger partial charge in [0, 0.05) is 30.9 Å². The average molecular weight is 294 g/mol. The minimum absolute atomic E-state index is 0.170. The Labute approximate surface area is 122 Å². The van der Waals surface area contributed by atoms with Crippen molar-refractivity contribution in [1.82, 2.24) is 14.9 Å². The van der Waals surface area contributed by atoms with Crippen LogP contribution in [-0.4, -0.2) is 22.6 Å². The number of halogens is 2. The first-order valence-electron chi connectivity index (χ1n) is 6.88. The van der Waals surface area contributed by atoms with Crippen LogP contribution in [0.4, 0.5) is 4.39 Å². The maximum Gasteiger partial charge on any atom is 0.141 e. The van der Waals surface area contributed by atoms with Crippen molar-refractivity contribution in [3.05, 3.63) is 52.8 Å². The number of rotatable bonds is 3. The number of piperidine rings is 1. The van der Waals surface area contributed by atoms with Crippen LogP contribution >= 0.6 is 11.6 Å². The highest BCUT2D eigenvalue weighted by Crippen LogP contribution is 2.24. The van der Waals surface area contributed by atoms with Crippen molar-refractivity contribution in [1.29, 1.82) is 0 Å². The Balaban J connectivity index is 1.80. The quantitative estimate of drug-likeness (QED) is 0.942. The van der Waals surface area contributed by atoms with Gasteiger partial charge in [0.15, 0.2) is 0 Å². The van der Waals surface area contributed by atoms with Gasteiger partial charge >= 0.3 is 0 Å². The molecular formula is C15H17ClFN3. The molecule has 2 aromatic rings. The number of imidazole rings is 1. The van der Waals surface area contributed by atoms with Crippen LogP contribution in [-0.2, 0) is 6.54 Å². The van der Waals surface area contributed by atoms with Crippen LogP contribution in [0.3, 0.4) is 0 Å². The van der Waals surface area contributed by atoms with Crippen molar-refractivity contribution in [2.45, 2.75) is 25.3 Å². The summed E-state index contributed by atoms with van der Waals surface area (Å²) in [6.07, 6.45) is 6.14. The average Bonchev–Trinajstić information content (AvgIpc) is 2.92. The third-order valence-corrected chi connectivity index (χ3v) is 4.09. The number of nitrogens with zero attached hydrogens (tertiary/aromatic N) is 2. The first kappa shape index (κ1) is 13.6. The predicted molar refractivity (Wildman–Crippen MR) is 77.6 cm³/mol. The van der Waals surface area contributed by atoms with Crippen molar-refractivity contribution in [2.24, 2.45) is 0 Å². The van der Waals surface area contributed by atoms with Crippen LogP contribution in [0.1, 0.15) is 30.0 Å². The summed E-state index contributed by atoms with van der Waals surface area (Å²) >= 11 is 5.83. The minimum atomic E-state index is -0.377. The molecule has 0 amide bonds. The Morgan fingerprint density at radius 3 is 3.10 bits per heavy atom. The second-order valence-corrected chi connectivity index (χ2v) is 5.65. The van der Waals surface area contributed by atoms with Gasteiger partial charge in [0.2, 0.25) is 0 Å². The molecule has 3 nitrogen and oxygen atoms in total. The zero-order chi connectivity index (χ0) is 13.9. The third kappa shape index (κ3) is 2.86. The Morgan fingerprint density at radius 1 is 1.45 bits per heavy atom. The summed E-state index contributed by atoms with van der Waals surface area (Å²) in [5.74, 6) is 0.125. The fourth-order valence-corrected chi connectivity index (χ4v) is 2.95. The Hall–Kier alpha value is -1.39. The molecule has 0 saturated carbocycles. The topological polar surface area (TPSA) is 29.9 Å². The SMILES string of the molecule is Fc1ccc(Cn2cncc2C2CCCNC2)cc1Cl. The minimum Gasteiger partial charge on any atom is -0.330 e. The molecule has 1 atom stereocenters. The Bertz CT molecular complexity index is 591. The van der Waals surface area contributed by atoms with Crippen molar-refractivity contribution in [3.63, 3.8) is 0 Å². The zero-order valence-corrected chi connectivity index (χ0v) is 11.9. The highest BCUT2D eigenvalue weighted by atomic mass is 35.5. The van der Waals surface area contributed by atoms with Gasteiger partial charge in [0.1, 0.15) is 5.82 Å². The van der Waals surface area contributed by atoms with Crippen LogP contribution in [0.5, 0.6) is 0 Å². The van der Waals surface area contributed by atoms with E-state index in [1.54, 1.807) is 12.1 Å². The van der Waals surface area contributed by atoms with Gasteiger partial charge in [-0.1, -0.05) is 17.7 Å². The molecule has 3 rings (SSSR count). The van der Waals surface area contributed by atoms with E-state index in [4.69, 9.17) is 11.6 Å². The number of aromatic nitrogens is 2. The van der Waals surface area contributed by atoms with E-state index >= 15 is 0 Å². The lowest BCUT2D eigenvalue weighted by Crippen LogP contribution is -2.29. The lowest BCUT2D eigenvalue weighted by atomic mass is 9.96. The van der Waals surface area contributed by atoms with E-state index in [1.165, 1.54) is 24.6 Å². The fourth-order valence-electron chi connectivity index (χ4n) is 2.74. The van der Waals surface area contributed by atoms with Gasteiger partial charge in [-0.25, -0.2) is 9.37 Å². The lowest BCUT2D eigenvalue weighted by Gasteiger charge is -2.23. The summed E-state index contributed by atoms with van der Waals surface area (Å²) in [5, 5.41) is 3.59. The highest BCUT2D eigenvalue weighted by Gasteiger charge is 2.18. The fraction of sp³-hybridized carbons (Fsp3) is 0.400. The number of nitrogens with one attached hydrogen (secondary N) is 1. The molecule has 1 N–H and O–H groups in total. The second kappa shape index (κ2) is 5.94. The molecule has 0 aliphatic carbocycles. The maximum absolute atomic E-state index is 13.2. The van der Waals surface area contributed by atoms with E-state index in [1.807, 2.05) is 12.5 Å². The molecule has 5 heteroatoms. The van der Waals surface area contributed by atoms with Gasteiger partial charge in [0.25, 0.3) is 0 Å². The van der Waals surface area contributed by atoms with Gasteiger partial charge in [-0.2, -0.15) is 0 Å². The normalized spacial score (nSPS) is 19.2. The molecule has 1 unspecified atom stereocenters. The van der Waals surface area contributed by atoms with Gasteiger partial charge in [-0.05, 0) is 37.1 Å². The van der Waals surface area contributed by atoms with Crippen LogP contribution in [0.25, 0.3) is 0 Å². The maximum atomic E-state index is 13.2. The summed E-state index contributed by atoms with van der Waals surface area (Å²) in [5.41, 5.74) is 2.22. The predicted octanol–water partition coefficient (Wildman–Crippen LogP) is 3.19. The molecular weight excluding hydrogens is 277 g/mol. The molecule has 1 aliphatic rings. The standard InChI is InChI=1S/C15H17ClFN3/c16-13-6-11(3-4-14(13)17)9-20-10-19-8-15(20)12-2-1-5-18-7-12/h3-4,6,8,10,12,18H,1-2,5,7,9H2. The smallest absolute Gasteiger partial charge is 0.141 e. The van der Waals surface area contributed by atoms with E-state index in [2.05, 4.69) is 14.9 Å². The molecule has 20 heavy (non-hydrogen) atoms. The van der Waals surface area contributed by atoms with Crippen molar-refractivity contribution >= 4 is 11.6 Å². The second-order valence-electron chi connectivity index (χ2n) is 5.24. The van der Waals surface area contributed by atoms with Crippen molar-refractivity contribution in [2.75, 3.05) is 13.1 Å². The largest absolute Gasteiger partial charge is 0.330 e. The molecule has 1 aromatic carbocycles. The van der Waals surface area contributed by atoms with Crippen molar-refractivity contribution < 1.29 is 4.39 Å². The Kier molecular flexibility index (Phi) is 4.03. The highest BCUT2D eigenvalue weighted by molar-refractivity contribution is 6.30. The van der Waals surface area contributed by atoms with Crippen LogP contribution in [0.15, 0.2) is 30.7 Å². The zero-order valence-electron chi connectivity index (χ0n) is 11.1. The van der Waals surface area contributed by atoms with Crippen LogP contribution in [0.2, 0.25) is 5.02 Å². The van der Waals surface area contributed by atoms with Gasteiger partial charge in [-0.3, -0.25) is 0 Å². The van der Waals surface area contributed by atoms with Gasteiger partial charge in [-0.15, -0.1) is 0 Å². The summed E-state index contributed by atoms with van der Waals surface area (Å²) < 4.78 is 15.3. The first-order chi connectivity index (χ1) is 9.74. The van der Waals surface area contributed by atoms with E-state index in [0.29, 0.717) is 12.5 Å². The molecule has 0 spiro atoms. The molecule has 106 valence electrons. The number of hydrogen-bond donors (Lipinski definition) is 1. The van der Waals surface area contributed by atoms with E-state index in [-0.39, 0.29) is 10.8 Å². The first-order valence-corrected chi connectivity index (χ1v) is 7.26. The van der Waals surface area contributed by atoms with Gasteiger partial charge < -0.3 is 9.88 Å². The number of hydrogen-bond acceptors (Lipinski definition) is 2. The Morgan fingerprint density at radius 2 is 2.35 bits per heavy atom. The van der Waals surface area contributed by atoms with Crippen LogP contribution < -0.4 is 5.32 Å². The lowest BCUT2D eigenvalue weighted by molar-refractivity contribution is 0.444. The summed E-state index contributed by atoms with van der Waals surface area (Å²) in [6, 6.07) is 4.86.